The van der Waals surface area contributed by atoms with Crippen molar-refractivity contribution in [2.24, 2.45) is 0 Å². The van der Waals surface area contributed by atoms with E-state index in [9.17, 15) is 5.11 Å². The van der Waals surface area contributed by atoms with Gasteiger partial charge in [-0.05, 0) is 60.8 Å². The van der Waals surface area contributed by atoms with Gasteiger partial charge in [0, 0.05) is 12.6 Å². The second kappa shape index (κ2) is 5.78. The van der Waals surface area contributed by atoms with Crippen molar-refractivity contribution in [3.63, 3.8) is 0 Å². The average Bonchev–Trinajstić information content (AvgIpc) is 2.51. The number of likely N-dealkylation sites (N-methyl/N-ethyl adjacent to an activating group) is 1. The van der Waals surface area contributed by atoms with Crippen LogP contribution in [0, 0.1) is 0 Å². The van der Waals surface area contributed by atoms with E-state index in [2.05, 4.69) is 24.1 Å². The normalized spacial score (nSPS) is 18.3. The van der Waals surface area contributed by atoms with Gasteiger partial charge in [-0.2, -0.15) is 0 Å². The number of rotatable bonds is 3. The Balaban J connectivity index is 1.89. The molecule has 1 aliphatic rings. The number of fused-ring (bicyclic) bond motifs is 1. The number of hydrogen-bond donors (Lipinski definition) is 1. The highest BCUT2D eigenvalue weighted by atomic mass is 16.5. The zero-order valence-electron chi connectivity index (χ0n) is 12.5. The zero-order valence-corrected chi connectivity index (χ0v) is 12.5. The van der Waals surface area contributed by atoms with Gasteiger partial charge in [-0.15, -0.1) is 0 Å². The summed E-state index contributed by atoms with van der Waals surface area (Å²) < 4.78 is 5.33. The van der Waals surface area contributed by atoms with Gasteiger partial charge in [0.15, 0.2) is 0 Å². The van der Waals surface area contributed by atoms with Gasteiger partial charge in [-0.1, -0.05) is 18.2 Å². The van der Waals surface area contributed by atoms with Crippen LogP contribution in [-0.2, 0) is 12.8 Å². The number of phenols is 1. The predicted molar refractivity (Wildman–Crippen MR) is 83.9 cm³/mol. The Hall–Kier alpha value is -2.00. The van der Waals surface area contributed by atoms with Crippen molar-refractivity contribution in [1.82, 2.24) is 4.90 Å². The topological polar surface area (TPSA) is 32.7 Å². The highest BCUT2D eigenvalue weighted by Crippen LogP contribution is 2.33. The minimum Gasteiger partial charge on any atom is -0.508 e. The molecular formula is C18H21NO2. The first kappa shape index (κ1) is 14.0. The van der Waals surface area contributed by atoms with E-state index in [-0.39, 0.29) is 0 Å². The Morgan fingerprint density at radius 1 is 1.19 bits per heavy atom. The third-order valence-corrected chi connectivity index (χ3v) is 4.34. The molecule has 1 N–H and O–H groups in total. The van der Waals surface area contributed by atoms with E-state index < -0.39 is 0 Å². The van der Waals surface area contributed by atoms with Crippen LogP contribution in [0.5, 0.6) is 11.5 Å². The number of benzene rings is 2. The summed E-state index contributed by atoms with van der Waals surface area (Å²) in [6.45, 7) is 1.06. The fourth-order valence-electron chi connectivity index (χ4n) is 3.06. The van der Waals surface area contributed by atoms with Gasteiger partial charge in [0.05, 0.1) is 7.11 Å². The molecule has 110 valence electrons. The fourth-order valence-corrected chi connectivity index (χ4v) is 3.06. The molecule has 3 heteroatoms. The number of aromatic hydroxyl groups is 1. The van der Waals surface area contributed by atoms with Gasteiger partial charge in [-0.3, -0.25) is 4.90 Å². The summed E-state index contributed by atoms with van der Waals surface area (Å²) in [6, 6.07) is 14.3. The molecule has 3 rings (SSSR count). The van der Waals surface area contributed by atoms with Gasteiger partial charge in [0.2, 0.25) is 0 Å². The number of hydrogen-bond acceptors (Lipinski definition) is 3. The molecule has 3 nitrogen and oxygen atoms in total. The average molecular weight is 283 g/mol. The van der Waals surface area contributed by atoms with Gasteiger partial charge in [0.25, 0.3) is 0 Å². The molecule has 0 aliphatic carbocycles. The standard InChI is InChI=1S/C18H21NO2/c1-19-10-9-14-12-16(21-2)7-8-17(14)18(19)11-13-3-5-15(20)6-4-13/h3-8,12,18,20H,9-11H2,1-2H3. The largest absolute Gasteiger partial charge is 0.508 e. The van der Waals surface area contributed by atoms with E-state index in [1.807, 2.05) is 18.2 Å². The van der Waals surface area contributed by atoms with Gasteiger partial charge in [0.1, 0.15) is 11.5 Å². The number of phenolic OH excluding ortho intramolecular Hbond substituents is 1. The smallest absolute Gasteiger partial charge is 0.119 e. The lowest BCUT2D eigenvalue weighted by atomic mass is 9.89. The first-order valence-electron chi connectivity index (χ1n) is 7.32. The van der Waals surface area contributed by atoms with Gasteiger partial charge in [-0.25, -0.2) is 0 Å². The van der Waals surface area contributed by atoms with E-state index in [1.165, 1.54) is 16.7 Å². The summed E-state index contributed by atoms with van der Waals surface area (Å²) in [6.07, 6.45) is 2.02. The molecule has 1 heterocycles. The van der Waals surface area contributed by atoms with Crippen molar-refractivity contribution in [1.29, 1.82) is 0 Å². The van der Waals surface area contributed by atoms with Crippen LogP contribution in [-0.4, -0.2) is 30.7 Å². The van der Waals surface area contributed by atoms with Crippen LogP contribution in [0.3, 0.4) is 0 Å². The van der Waals surface area contributed by atoms with Crippen molar-refractivity contribution >= 4 is 0 Å². The van der Waals surface area contributed by atoms with Crippen molar-refractivity contribution < 1.29 is 9.84 Å². The molecule has 21 heavy (non-hydrogen) atoms. The first-order valence-corrected chi connectivity index (χ1v) is 7.32. The Morgan fingerprint density at radius 2 is 1.95 bits per heavy atom. The summed E-state index contributed by atoms with van der Waals surface area (Å²) in [5.41, 5.74) is 4.02. The van der Waals surface area contributed by atoms with Crippen LogP contribution in [0.15, 0.2) is 42.5 Å². The molecule has 0 spiro atoms. The molecular weight excluding hydrogens is 262 g/mol. The van der Waals surface area contributed by atoms with Crippen molar-refractivity contribution in [2.45, 2.75) is 18.9 Å². The summed E-state index contributed by atoms with van der Waals surface area (Å²) in [4.78, 5) is 2.40. The third kappa shape index (κ3) is 2.88. The van der Waals surface area contributed by atoms with Crippen LogP contribution < -0.4 is 4.74 Å². The molecule has 0 saturated heterocycles. The van der Waals surface area contributed by atoms with Crippen molar-refractivity contribution in [2.75, 3.05) is 20.7 Å². The summed E-state index contributed by atoms with van der Waals surface area (Å²) in [5, 5.41) is 9.41. The van der Waals surface area contributed by atoms with Crippen LogP contribution in [0.1, 0.15) is 22.7 Å². The Morgan fingerprint density at radius 3 is 2.67 bits per heavy atom. The molecule has 0 saturated carbocycles. The van der Waals surface area contributed by atoms with Gasteiger partial charge < -0.3 is 9.84 Å². The number of methoxy groups -OCH3 is 1. The van der Waals surface area contributed by atoms with E-state index in [0.717, 1.165) is 25.1 Å². The second-order valence-corrected chi connectivity index (χ2v) is 5.68. The lowest BCUT2D eigenvalue weighted by Gasteiger charge is -2.35. The Labute approximate surface area is 125 Å². The monoisotopic (exact) mass is 283 g/mol. The summed E-state index contributed by atoms with van der Waals surface area (Å²) in [5.74, 6) is 1.25. The second-order valence-electron chi connectivity index (χ2n) is 5.68. The van der Waals surface area contributed by atoms with Crippen molar-refractivity contribution in [3.8, 4) is 11.5 Å². The van der Waals surface area contributed by atoms with E-state index in [4.69, 9.17) is 4.74 Å². The number of ether oxygens (including phenoxy) is 1. The predicted octanol–water partition coefficient (Wildman–Crippen LogP) is 3.17. The molecule has 0 fully saturated rings. The third-order valence-electron chi connectivity index (χ3n) is 4.34. The Bertz CT molecular complexity index is 622. The molecule has 0 amide bonds. The lowest BCUT2D eigenvalue weighted by Crippen LogP contribution is -2.33. The highest BCUT2D eigenvalue weighted by molar-refractivity contribution is 5.40. The molecule has 0 radical (unpaired) electrons. The molecule has 0 bridgehead atoms. The molecule has 2 aromatic rings. The molecule has 1 unspecified atom stereocenters. The fraction of sp³-hybridized carbons (Fsp3) is 0.333. The van der Waals surface area contributed by atoms with E-state index >= 15 is 0 Å². The highest BCUT2D eigenvalue weighted by Gasteiger charge is 2.25. The van der Waals surface area contributed by atoms with Crippen LogP contribution in [0.4, 0.5) is 0 Å². The maximum absolute atomic E-state index is 9.41. The van der Waals surface area contributed by atoms with Crippen LogP contribution in [0.2, 0.25) is 0 Å². The van der Waals surface area contributed by atoms with Gasteiger partial charge >= 0.3 is 0 Å². The molecule has 2 aromatic carbocycles. The van der Waals surface area contributed by atoms with E-state index in [1.54, 1.807) is 19.2 Å². The number of nitrogens with zero attached hydrogens (tertiary/aromatic N) is 1. The maximum atomic E-state index is 9.41. The molecule has 1 aliphatic heterocycles. The summed E-state index contributed by atoms with van der Waals surface area (Å²) in [7, 11) is 3.89. The molecule has 1 atom stereocenters. The van der Waals surface area contributed by atoms with Crippen LogP contribution in [0.25, 0.3) is 0 Å². The van der Waals surface area contributed by atoms with Crippen LogP contribution >= 0.6 is 0 Å². The lowest BCUT2D eigenvalue weighted by molar-refractivity contribution is 0.229. The SMILES string of the molecule is COc1ccc2c(c1)CCN(C)C2Cc1ccc(O)cc1. The Kier molecular flexibility index (Phi) is 3.84. The van der Waals surface area contributed by atoms with E-state index in [0.29, 0.717) is 11.8 Å². The minimum atomic E-state index is 0.320. The first-order chi connectivity index (χ1) is 10.2. The molecule has 0 aromatic heterocycles. The minimum absolute atomic E-state index is 0.320. The van der Waals surface area contributed by atoms with Crippen molar-refractivity contribution in [3.05, 3.63) is 59.2 Å². The summed E-state index contributed by atoms with van der Waals surface area (Å²) >= 11 is 0. The maximum Gasteiger partial charge on any atom is 0.119 e. The zero-order chi connectivity index (χ0) is 14.8. The quantitative estimate of drug-likeness (QED) is 0.939.